The first-order chi connectivity index (χ1) is 19.9. The lowest BCUT2D eigenvalue weighted by molar-refractivity contribution is 0.0208. The summed E-state index contributed by atoms with van der Waals surface area (Å²) in [6.07, 6.45) is 11.9. The van der Waals surface area contributed by atoms with Crippen LogP contribution in [-0.4, -0.2) is 76.2 Å². The van der Waals surface area contributed by atoms with Crippen molar-refractivity contribution in [2.45, 2.75) is 70.4 Å². The van der Waals surface area contributed by atoms with Crippen molar-refractivity contribution in [3.8, 4) is 22.9 Å². The lowest BCUT2D eigenvalue weighted by atomic mass is 9.84. The summed E-state index contributed by atoms with van der Waals surface area (Å²) in [5.41, 5.74) is 8.75. The third kappa shape index (κ3) is 6.99. The second-order valence-electron chi connectivity index (χ2n) is 11.4. The van der Waals surface area contributed by atoms with E-state index >= 15 is 0 Å². The number of aliphatic hydroxyl groups is 1. The number of benzene rings is 1. The van der Waals surface area contributed by atoms with Crippen LogP contribution in [-0.2, 0) is 10.3 Å². The van der Waals surface area contributed by atoms with Gasteiger partial charge in [0.05, 0.1) is 49.1 Å². The Labute approximate surface area is 243 Å². The first-order valence-electron chi connectivity index (χ1n) is 15.1. The molecule has 3 N–H and O–H groups in total. The van der Waals surface area contributed by atoms with Crippen molar-refractivity contribution in [3.05, 3.63) is 42.4 Å². The van der Waals surface area contributed by atoms with Gasteiger partial charge in [-0.15, -0.1) is 0 Å². The molecule has 10 heteroatoms. The molecule has 0 radical (unpaired) electrons. The highest BCUT2D eigenvalue weighted by Crippen LogP contribution is 2.37. The molecule has 5 rings (SSSR count). The van der Waals surface area contributed by atoms with E-state index in [9.17, 15) is 5.11 Å². The average molecular weight is 564 g/mol. The summed E-state index contributed by atoms with van der Waals surface area (Å²) in [6.45, 7) is 9.29. The molecule has 10 nitrogen and oxygen atoms in total. The summed E-state index contributed by atoms with van der Waals surface area (Å²) in [4.78, 5) is 13.9. The van der Waals surface area contributed by atoms with E-state index in [2.05, 4.69) is 46.0 Å². The zero-order chi connectivity index (χ0) is 28.8. The quantitative estimate of drug-likeness (QED) is 0.311. The average Bonchev–Trinajstić information content (AvgIpc) is 3.47. The molecule has 0 aliphatic carbocycles. The molecular weight excluding hydrogens is 518 g/mol. The summed E-state index contributed by atoms with van der Waals surface area (Å²) < 4.78 is 13.7. The lowest BCUT2D eigenvalue weighted by Crippen LogP contribution is -2.36. The smallest absolute Gasteiger partial charge is 0.263 e. The highest BCUT2D eigenvalue weighted by molar-refractivity contribution is 5.69. The Kier molecular flexibility index (Phi) is 9.42. The third-order valence-corrected chi connectivity index (χ3v) is 8.53. The second-order valence-corrected chi connectivity index (χ2v) is 11.4. The van der Waals surface area contributed by atoms with Crippen LogP contribution in [0.1, 0.15) is 70.4 Å². The molecule has 2 aliphatic rings. The number of piperidine rings is 1. The minimum atomic E-state index is -0.921. The number of hydrogen-bond acceptors (Lipinski definition) is 9. The molecule has 0 amide bonds. The van der Waals surface area contributed by atoms with Crippen molar-refractivity contribution in [3.63, 3.8) is 0 Å². The summed E-state index contributed by atoms with van der Waals surface area (Å²) in [5, 5.41) is 16.3. The van der Waals surface area contributed by atoms with Gasteiger partial charge in [-0.05, 0) is 69.6 Å². The third-order valence-electron chi connectivity index (χ3n) is 8.53. The Hall–Kier alpha value is -3.21. The monoisotopic (exact) mass is 563 g/mol. The molecule has 2 saturated heterocycles. The molecule has 2 fully saturated rings. The van der Waals surface area contributed by atoms with Gasteiger partial charge >= 0.3 is 0 Å². The zero-order valence-corrected chi connectivity index (χ0v) is 24.8. The normalized spacial score (nSPS) is 18.4. The molecule has 0 spiro atoms. The van der Waals surface area contributed by atoms with Crippen LogP contribution in [0.5, 0.6) is 11.6 Å². The molecule has 3 aromatic rings. The van der Waals surface area contributed by atoms with Gasteiger partial charge in [0, 0.05) is 24.3 Å². The molecule has 2 aliphatic heterocycles. The van der Waals surface area contributed by atoms with Gasteiger partial charge < -0.3 is 30.1 Å². The van der Waals surface area contributed by atoms with E-state index in [1.54, 1.807) is 12.4 Å². The van der Waals surface area contributed by atoms with Crippen LogP contribution >= 0.6 is 0 Å². The number of aromatic nitrogens is 4. The first kappa shape index (κ1) is 29.3. The van der Waals surface area contributed by atoms with Crippen LogP contribution < -0.4 is 15.4 Å². The predicted molar refractivity (Wildman–Crippen MR) is 161 cm³/mol. The Morgan fingerprint density at radius 3 is 2.59 bits per heavy atom. The fraction of sp³-hybridized carbons (Fsp3) is 0.581. The van der Waals surface area contributed by atoms with Crippen molar-refractivity contribution in [1.82, 2.24) is 24.6 Å². The summed E-state index contributed by atoms with van der Waals surface area (Å²) in [5.74, 6) is 1.05. The van der Waals surface area contributed by atoms with Crippen LogP contribution in [0.25, 0.3) is 11.3 Å². The maximum atomic E-state index is 11.8. The molecule has 4 heterocycles. The van der Waals surface area contributed by atoms with E-state index in [1.165, 1.54) is 0 Å². The Balaban J connectivity index is 1.44. The van der Waals surface area contributed by atoms with E-state index in [4.69, 9.17) is 20.2 Å². The maximum Gasteiger partial charge on any atom is 0.263 e. The minimum Gasteiger partial charge on any atom is -0.433 e. The van der Waals surface area contributed by atoms with Gasteiger partial charge in [-0.1, -0.05) is 33.1 Å². The molecule has 222 valence electrons. The van der Waals surface area contributed by atoms with Crippen molar-refractivity contribution >= 4 is 11.5 Å². The van der Waals surface area contributed by atoms with E-state index in [0.29, 0.717) is 43.5 Å². The highest BCUT2D eigenvalue weighted by atomic mass is 16.5. The highest BCUT2D eigenvalue weighted by Gasteiger charge is 2.29. The van der Waals surface area contributed by atoms with Crippen molar-refractivity contribution in [2.75, 3.05) is 57.1 Å². The summed E-state index contributed by atoms with van der Waals surface area (Å²) in [6, 6.07) is 6.64. The van der Waals surface area contributed by atoms with Crippen molar-refractivity contribution in [1.29, 1.82) is 0 Å². The summed E-state index contributed by atoms with van der Waals surface area (Å²) in [7, 11) is 2.15. The van der Waals surface area contributed by atoms with Gasteiger partial charge in [0.15, 0.2) is 11.6 Å². The number of hydrogen-bond donors (Lipinski definition) is 2. The van der Waals surface area contributed by atoms with Crippen LogP contribution in [0, 0.1) is 0 Å². The zero-order valence-electron chi connectivity index (χ0n) is 24.8. The van der Waals surface area contributed by atoms with E-state index in [-0.39, 0.29) is 11.7 Å². The Bertz CT molecular complexity index is 1280. The minimum absolute atomic E-state index is 0.218. The molecule has 0 saturated carbocycles. The SMILES string of the molecule is CCCCCC(O)(CC)c1cc(-c2cnc(N)c(Oc3cnn(C4CCN(C)CC4)c3)n2)cc(N2CCOCC2)c1. The number of nitrogens with two attached hydrogens (primary N) is 1. The number of morpholine rings is 1. The van der Waals surface area contributed by atoms with Gasteiger partial charge in [0.1, 0.15) is 0 Å². The largest absolute Gasteiger partial charge is 0.433 e. The Morgan fingerprint density at radius 1 is 1.07 bits per heavy atom. The number of likely N-dealkylation sites (tertiary alicyclic amines) is 1. The standard InChI is InChI=1S/C31H45N7O3/c1-4-6-7-10-31(39,5-2)24-17-23(18-26(19-24)37-13-15-40-16-14-37)28-21-33-29(32)30(35-28)41-27-20-34-38(22-27)25-8-11-36(3)12-9-25/h17-22,25,39H,4-16H2,1-3H3,(H2,32,33). The fourth-order valence-electron chi connectivity index (χ4n) is 5.76. The number of nitrogens with zero attached hydrogens (tertiary/aromatic N) is 6. The molecule has 1 aromatic carbocycles. The first-order valence-corrected chi connectivity index (χ1v) is 15.1. The van der Waals surface area contributed by atoms with Gasteiger partial charge in [0.25, 0.3) is 5.88 Å². The summed E-state index contributed by atoms with van der Waals surface area (Å²) >= 11 is 0. The molecule has 2 aromatic heterocycles. The molecular formula is C31H45N7O3. The van der Waals surface area contributed by atoms with Gasteiger partial charge in [-0.3, -0.25) is 4.68 Å². The molecule has 0 bridgehead atoms. The predicted octanol–water partition coefficient (Wildman–Crippen LogP) is 5.00. The fourth-order valence-corrected chi connectivity index (χ4v) is 5.76. The van der Waals surface area contributed by atoms with E-state index in [0.717, 1.165) is 75.1 Å². The van der Waals surface area contributed by atoms with Gasteiger partial charge in [-0.2, -0.15) is 5.10 Å². The van der Waals surface area contributed by atoms with Crippen LogP contribution in [0.3, 0.4) is 0 Å². The number of unbranched alkanes of at least 4 members (excludes halogenated alkanes) is 2. The van der Waals surface area contributed by atoms with E-state index in [1.807, 2.05) is 23.9 Å². The Morgan fingerprint density at radius 2 is 1.85 bits per heavy atom. The molecule has 1 atom stereocenters. The van der Waals surface area contributed by atoms with E-state index < -0.39 is 5.60 Å². The van der Waals surface area contributed by atoms with Crippen LogP contribution in [0.15, 0.2) is 36.8 Å². The number of anilines is 2. The molecule has 41 heavy (non-hydrogen) atoms. The number of ether oxygens (including phenoxy) is 2. The number of rotatable bonds is 11. The lowest BCUT2D eigenvalue weighted by Gasteiger charge is -2.33. The number of nitrogen functional groups attached to an aromatic ring is 1. The topological polar surface area (TPSA) is 115 Å². The molecule has 1 unspecified atom stereocenters. The van der Waals surface area contributed by atoms with Crippen molar-refractivity contribution in [2.24, 2.45) is 0 Å². The van der Waals surface area contributed by atoms with Crippen LogP contribution in [0.4, 0.5) is 11.5 Å². The van der Waals surface area contributed by atoms with Crippen molar-refractivity contribution < 1.29 is 14.6 Å². The van der Waals surface area contributed by atoms with Crippen LogP contribution in [0.2, 0.25) is 0 Å². The van der Waals surface area contributed by atoms with Gasteiger partial charge in [0.2, 0.25) is 0 Å². The maximum absolute atomic E-state index is 11.8. The van der Waals surface area contributed by atoms with Gasteiger partial charge in [-0.25, -0.2) is 9.97 Å². The second kappa shape index (κ2) is 13.2.